The molecule has 0 bridgehead atoms. The topological polar surface area (TPSA) is 64.4 Å². The Labute approximate surface area is 139 Å². The number of hydrogen-bond acceptors (Lipinski definition) is 4. The highest BCUT2D eigenvalue weighted by atomic mass is 16.5. The third-order valence-electron chi connectivity index (χ3n) is 4.06. The van der Waals surface area contributed by atoms with Crippen molar-refractivity contribution in [3.63, 3.8) is 0 Å². The van der Waals surface area contributed by atoms with Crippen LogP contribution in [-0.4, -0.2) is 17.7 Å². The van der Waals surface area contributed by atoms with Gasteiger partial charge in [0.25, 0.3) is 5.91 Å². The van der Waals surface area contributed by atoms with Crippen LogP contribution in [0.1, 0.15) is 28.5 Å². The van der Waals surface area contributed by atoms with Crippen molar-refractivity contribution in [2.24, 2.45) is 0 Å². The molecule has 1 N–H and O–H groups in total. The van der Waals surface area contributed by atoms with E-state index in [-0.39, 0.29) is 17.6 Å². The van der Waals surface area contributed by atoms with Crippen molar-refractivity contribution < 1.29 is 14.1 Å². The maximum atomic E-state index is 12.5. The highest BCUT2D eigenvalue weighted by Crippen LogP contribution is 2.31. The van der Waals surface area contributed by atoms with E-state index in [1.54, 1.807) is 6.07 Å². The fraction of sp³-hybridized carbons (Fsp3) is 0.158. The van der Waals surface area contributed by atoms with Crippen molar-refractivity contribution in [1.29, 1.82) is 0 Å². The lowest BCUT2D eigenvalue weighted by Crippen LogP contribution is -2.32. The molecular weight excluding hydrogens is 304 g/mol. The van der Waals surface area contributed by atoms with Gasteiger partial charge in [-0.3, -0.25) is 4.79 Å². The Balaban J connectivity index is 1.53. The van der Waals surface area contributed by atoms with E-state index < -0.39 is 0 Å². The van der Waals surface area contributed by atoms with E-state index in [2.05, 4.69) is 10.5 Å². The molecule has 1 aliphatic heterocycles. The first-order valence-corrected chi connectivity index (χ1v) is 7.86. The van der Waals surface area contributed by atoms with Crippen molar-refractivity contribution >= 4 is 5.91 Å². The molecule has 1 unspecified atom stereocenters. The predicted octanol–water partition coefficient (Wildman–Crippen LogP) is 3.60. The minimum Gasteiger partial charge on any atom is -0.493 e. The van der Waals surface area contributed by atoms with Crippen molar-refractivity contribution in [1.82, 2.24) is 10.5 Å². The third-order valence-corrected chi connectivity index (χ3v) is 4.06. The van der Waals surface area contributed by atoms with Gasteiger partial charge in [0.15, 0.2) is 11.5 Å². The van der Waals surface area contributed by atoms with E-state index in [4.69, 9.17) is 9.26 Å². The van der Waals surface area contributed by atoms with Gasteiger partial charge in [0.1, 0.15) is 5.75 Å². The highest BCUT2D eigenvalue weighted by molar-refractivity contribution is 5.93. The van der Waals surface area contributed by atoms with Gasteiger partial charge in [-0.05, 0) is 6.07 Å². The normalized spacial score (nSPS) is 16.1. The monoisotopic (exact) mass is 320 g/mol. The molecule has 1 aromatic heterocycles. The van der Waals surface area contributed by atoms with E-state index in [9.17, 15) is 4.79 Å². The van der Waals surface area contributed by atoms with E-state index in [1.165, 1.54) is 0 Å². The Morgan fingerprint density at radius 1 is 1.08 bits per heavy atom. The molecule has 0 saturated carbocycles. The van der Waals surface area contributed by atoms with Crippen molar-refractivity contribution in [3.8, 4) is 17.1 Å². The summed E-state index contributed by atoms with van der Waals surface area (Å²) in [5.41, 5.74) is 2.15. The Bertz CT molecular complexity index is 858. The molecule has 0 saturated heterocycles. The second kappa shape index (κ2) is 6.20. The molecule has 120 valence electrons. The first-order chi connectivity index (χ1) is 11.8. The Morgan fingerprint density at radius 2 is 1.88 bits per heavy atom. The zero-order chi connectivity index (χ0) is 16.4. The number of nitrogens with one attached hydrogen (secondary N) is 1. The molecule has 0 radical (unpaired) electrons. The van der Waals surface area contributed by atoms with Gasteiger partial charge in [0.05, 0.1) is 12.6 Å². The van der Waals surface area contributed by atoms with Crippen LogP contribution in [0.15, 0.2) is 65.2 Å². The molecule has 4 rings (SSSR count). The molecule has 5 nitrogen and oxygen atoms in total. The number of aromatic nitrogens is 1. The summed E-state index contributed by atoms with van der Waals surface area (Å²) in [6.45, 7) is 0.579. The summed E-state index contributed by atoms with van der Waals surface area (Å²) in [6, 6.07) is 18.9. The van der Waals surface area contributed by atoms with Crippen LogP contribution in [0.4, 0.5) is 0 Å². The van der Waals surface area contributed by atoms with Crippen LogP contribution >= 0.6 is 0 Å². The van der Waals surface area contributed by atoms with Gasteiger partial charge in [-0.25, -0.2) is 0 Å². The molecule has 5 heteroatoms. The average molecular weight is 320 g/mol. The molecule has 24 heavy (non-hydrogen) atoms. The van der Waals surface area contributed by atoms with Gasteiger partial charge in [-0.15, -0.1) is 0 Å². The molecule has 0 fully saturated rings. The molecule has 0 aliphatic carbocycles. The molecule has 2 heterocycles. The number of hydrogen-bond donors (Lipinski definition) is 1. The summed E-state index contributed by atoms with van der Waals surface area (Å²) in [5.74, 6) is 1.15. The summed E-state index contributed by atoms with van der Waals surface area (Å²) < 4.78 is 10.9. The van der Waals surface area contributed by atoms with Crippen LogP contribution < -0.4 is 10.1 Å². The van der Waals surface area contributed by atoms with E-state index in [0.29, 0.717) is 12.4 Å². The zero-order valence-electron chi connectivity index (χ0n) is 12.9. The second-order valence-corrected chi connectivity index (χ2v) is 5.64. The van der Waals surface area contributed by atoms with Gasteiger partial charge in [-0.1, -0.05) is 53.7 Å². The lowest BCUT2D eigenvalue weighted by Gasteiger charge is -2.26. The van der Waals surface area contributed by atoms with E-state index in [0.717, 1.165) is 23.3 Å². The van der Waals surface area contributed by atoms with Crippen LogP contribution in [0.3, 0.4) is 0 Å². The number of rotatable bonds is 3. The molecule has 1 aliphatic rings. The van der Waals surface area contributed by atoms with Crippen LogP contribution in [0.25, 0.3) is 11.3 Å². The average Bonchev–Trinajstić information content (AvgIpc) is 3.13. The zero-order valence-corrected chi connectivity index (χ0v) is 12.9. The predicted molar refractivity (Wildman–Crippen MR) is 88.7 cm³/mol. The maximum absolute atomic E-state index is 12.5. The Hall–Kier alpha value is -3.08. The number of amides is 1. The number of ether oxygens (including phenoxy) is 1. The minimum absolute atomic E-state index is 0.0840. The van der Waals surface area contributed by atoms with Crippen LogP contribution in [0.5, 0.6) is 5.75 Å². The number of nitrogens with zero attached hydrogens (tertiary/aromatic N) is 1. The molecule has 3 aromatic rings. The summed E-state index contributed by atoms with van der Waals surface area (Å²) >= 11 is 0. The van der Waals surface area contributed by atoms with E-state index in [1.807, 2.05) is 54.6 Å². The second-order valence-electron chi connectivity index (χ2n) is 5.64. The molecule has 1 atom stereocenters. The number of fused-ring (bicyclic) bond motifs is 1. The van der Waals surface area contributed by atoms with Gasteiger partial charge in [-0.2, -0.15) is 0 Å². The lowest BCUT2D eigenvalue weighted by molar-refractivity contribution is 0.0915. The highest BCUT2D eigenvalue weighted by Gasteiger charge is 2.24. The number of carbonyl (C=O) groups is 1. The van der Waals surface area contributed by atoms with Crippen LogP contribution in [0, 0.1) is 0 Å². The lowest BCUT2D eigenvalue weighted by atomic mass is 10.0. The SMILES string of the molecule is O=C(NC1CCOc2ccccc21)c1cc(-c2ccccc2)on1. The fourth-order valence-electron chi connectivity index (χ4n) is 2.84. The van der Waals surface area contributed by atoms with Gasteiger partial charge < -0.3 is 14.6 Å². The van der Waals surface area contributed by atoms with Crippen molar-refractivity contribution in [2.75, 3.05) is 6.61 Å². The minimum atomic E-state index is -0.248. The summed E-state index contributed by atoms with van der Waals surface area (Å²) in [5, 5.41) is 6.91. The van der Waals surface area contributed by atoms with Crippen LogP contribution in [0.2, 0.25) is 0 Å². The first-order valence-electron chi connectivity index (χ1n) is 7.86. The Kier molecular flexibility index (Phi) is 3.75. The summed E-state index contributed by atoms with van der Waals surface area (Å²) in [6.07, 6.45) is 0.728. The van der Waals surface area contributed by atoms with Crippen LogP contribution in [-0.2, 0) is 0 Å². The van der Waals surface area contributed by atoms with Gasteiger partial charge in [0.2, 0.25) is 0 Å². The van der Waals surface area contributed by atoms with Gasteiger partial charge in [0, 0.05) is 23.6 Å². The Morgan fingerprint density at radius 3 is 2.75 bits per heavy atom. The maximum Gasteiger partial charge on any atom is 0.273 e. The third kappa shape index (κ3) is 2.76. The largest absolute Gasteiger partial charge is 0.493 e. The molecule has 0 spiro atoms. The van der Waals surface area contributed by atoms with Crippen molar-refractivity contribution in [3.05, 3.63) is 71.9 Å². The molecule has 2 aromatic carbocycles. The standard InChI is InChI=1S/C19H16N2O3/c22-19(16-12-18(24-21-16)13-6-2-1-3-7-13)20-15-10-11-23-17-9-5-4-8-14(15)17/h1-9,12,15H,10-11H2,(H,20,22). The molecular formula is C19H16N2O3. The molecule has 1 amide bonds. The number of carbonyl (C=O) groups excluding carboxylic acids is 1. The smallest absolute Gasteiger partial charge is 0.273 e. The van der Waals surface area contributed by atoms with Gasteiger partial charge >= 0.3 is 0 Å². The summed E-state index contributed by atoms with van der Waals surface area (Å²) in [7, 11) is 0. The first kappa shape index (κ1) is 14.5. The summed E-state index contributed by atoms with van der Waals surface area (Å²) in [4.78, 5) is 12.5. The fourth-order valence-corrected chi connectivity index (χ4v) is 2.84. The number of para-hydroxylation sites is 1. The quantitative estimate of drug-likeness (QED) is 0.801. The number of benzene rings is 2. The van der Waals surface area contributed by atoms with E-state index >= 15 is 0 Å². The van der Waals surface area contributed by atoms with Crippen molar-refractivity contribution in [2.45, 2.75) is 12.5 Å².